The van der Waals surface area contributed by atoms with Crippen molar-refractivity contribution in [2.45, 2.75) is 70.0 Å². The average Bonchev–Trinajstić information content (AvgIpc) is 3.05. The van der Waals surface area contributed by atoms with Gasteiger partial charge in [0.2, 0.25) is 5.92 Å². The van der Waals surface area contributed by atoms with Crippen molar-refractivity contribution in [3.05, 3.63) is 100 Å². The van der Waals surface area contributed by atoms with Crippen LogP contribution in [0.3, 0.4) is 0 Å². The number of amides is 1. The van der Waals surface area contributed by atoms with Crippen molar-refractivity contribution in [3.63, 3.8) is 0 Å². The number of halogens is 2. The van der Waals surface area contributed by atoms with Crippen LogP contribution < -0.4 is 15.6 Å². The van der Waals surface area contributed by atoms with E-state index in [1.807, 2.05) is 45.0 Å². The first kappa shape index (κ1) is 31.7. The highest BCUT2D eigenvalue weighted by molar-refractivity contribution is 5.80. The first-order valence-electron chi connectivity index (χ1n) is 16.1. The molecule has 8 nitrogen and oxygen atoms in total. The first-order valence-corrected chi connectivity index (χ1v) is 16.1. The summed E-state index contributed by atoms with van der Waals surface area (Å²) in [7, 11) is 0. The zero-order chi connectivity index (χ0) is 32.5. The molecule has 1 atom stereocenters. The highest BCUT2D eigenvalue weighted by atomic mass is 19.3. The number of alkyl halides is 2. The van der Waals surface area contributed by atoms with Crippen molar-refractivity contribution >= 4 is 22.8 Å². The van der Waals surface area contributed by atoms with E-state index >= 15 is 0 Å². The highest BCUT2D eigenvalue weighted by Crippen LogP contribution is 2.48. The fourth-order valence-electron chi connectivity index (χ4n) is 6.94. The lowest BCUT2D eigenvalue weighted by Gasteiger charge is -2.51. The molecule has 1 saturated carbocycles. The molecule has 46 heavy (non-hydrogen) atoms. The van der Waals surface area contributed by atoms with Crippen molar-refractivity contribution in [2.24, 2.45) is 0 Å². The van der Waals surface area contributed by atoms with Gasteiger partial charge in [0.15, 0.2) is 0 Å². The van der Waals surface area contributed by atoms with Gasteiger partial charge < -0.3 is 19.5 Å². The number of ether oxygens (including phenoxy) is 1. The van der Waals surface area contributed by atoms with Crippen LogP contribution in [0.1, 0.15) is 69.7 Å². The Labute approximate surface area is 268 Å². The lowest BCUT2D eigenvalue weighted by Crippen LogP contribution is -2.58. The lowest BCUT2D eigenvalue weighted by molar-refractivity contribution is -0.0911. The lowest BCUT2D eigenvalue weighted by atomic mass is 9.73. The van der Waals surface area contributed by atoms with Gasteiger partial charge >= 0.3 is 6.09 Å². The standard InChI is InChI=1S/C36H41F2N5O3/c1-25(2)43-31-23-32(39-24-28(31)11-14-33(43)44)40-26(3)27-9-12-29(13-10-27)35(15-17-36(37,38)18-16-35)42-21-19-41(20-22-42)34(45)46-30-7-5-4-6-8-30/h4-14,23-26H,15-22H2,1-3H3,(H,39,40)/t26-/m0/s1. The summed E-state index contributed by atoms with van der Waals surface area (Å²) in [6, 6.07) is 22.4. The number of benzene rings is 2. The van der Waals surface area contributed by atoms with E-state index in [-0.39, 0.29) is 30.5 Å². The highest BCUT2D eigenvalue weighted by Gasteiger charge is 2.48. The van der Waals surface area contributed by atoms with E-state index in [9.17, 15) is 18.4 Å². The van der Waals surface area contributed by atoms with Crippen molar-refractivity contribution in [1.29, 1.82) is 0 Å². The van der Waals surface area contributed by atoms with Crippen molar-refractivity contribution in [1.82, 2.24) is 19.4 Å². The fourth-order valence-corrected chi connectivity index (χ4v) is 6.94. The summed E-state index contributed by atoms with van der Waals surface area (Å²) < 4.78 is 36.2. The predicted molar refractivity (Wildman–Crippen MR) is 176 cm³/mol. The summed E-state index contributed by atoms with van der Waals surface area (Å²) in [5.74, 6) is -1.51. The maximum Gasteiger partial charge on any atom is 0.415 e. The number of piperazine rings is 1. The Morgan fingerprint density at radius 3 is 2.22 bits per heavy atom. The van der Waals surface area contributed by atoms with Crippen LogP contribution in [-0.4, -0.2) is 57.5 Å². The number of anilines is 1. The smallest absolute Gasteiger partial charge is 0.410 e. The number of carbonyl (C=O) groups is 1. The van der Waals surface area contributed by atoms with Crippen LogP contribution in [0.5, 0.6) is 5.75 Å². The molecule has 0 bridgehead atoms. The SMILES string of the molecule is CC(C)n1c(=O)ccc2cnc(N[C@@H](C)c3ccc(C4(N5CCN(C(=O)Oc6ccccc6)CC5)CCC(F)(F)CC4)cc3)cc21. The summed E-state index contributed by atoms with van der Waals surface area (Å²) in [6.07, 6.45) is 1.74. The zero-order valence-corrected chi connectivity index (χ0v) is 26.6. The quantitative estimate of drug-likeness (QED) is 0.230. The van der Waals surface area contributed by atoms with Gasteiger partial charge in [-0.1, -0.05) is 42.5 Å². The zero-order valence-electron chi connectivity index (χ0n) is 26.6. The molecular weight excluding hydrogens is 588 g/mol. The number of fused-ring (bicyclic) bond motifs is 1. The van der Waals surface area contributed by atoms with Crippen LogP contribution in [-0.2, 0) is 5.54 Å². The topological polar surface area (TPSA) is 79.7 Å². The number of rotatable bonds is 7. The molecule has 1 amide bonds. The molecule has 0 spiro atoms. The van der Waals surface area contributed by atoms with Crippen LogP contribution in [0.2, 0.25) is 0 Å². The Kier molecular flexibility index (Phi) is 8.83. The van der Waals surface area contributed by atoms with E-state index in [1.165, 1.54) is 0 Å². The molecule has 2 aromatic heterocycles. The normalized spacial score (nSPS) is 18.8. The summed E-state index contributed by atoms with van der Waals surface area (Å²) in [5, 5.41) is 4.36. The second-order valence-corrected chi connectivity index (χ2v) is 12.8. The third kappa shape index (κ3) is 6.49. The number of hydrogen-bond acceptors (Lipinski definition) is 6. The molecule has 1 saturated heterocycles. The molecule has 0 radical (unpaired) electrons. The summed E-state index contributed by atoms with van der Waals surface area (Å²) in [5.41, 5.74) is 2.29. The van der Waals surface area contributed by atoms with Crippen LogP contribution in [0, 0.1) is 0 Å². The largest absolute Gasteiger partial charge is 0.415 e. The Hall–Kier alpha value is -4.31. The van der Waals surface area contributed by atoms with Gasteiger partial charge in [0.1, 0.15) is 11.6 Å². The molecule has 242 valence electrons. The Balaban J connectivity index is 1.18. The number of carbonyl (C=O) groups excluding carboxylic acids is 1. The monoisotopic (exact) mass is 629 g/mol. The van der Waals surface area contributed by atoms with Gasteiger partial charge in [0, 0.05) is 80.4 Å². The second-order valence-electron chi connectivity index (χ2n) is 12.8. The van der Waals surface area contributed by atoms with E-state index in [0.717, 1.165) is 22.0 Å². The molecule has 2 aromatic carbocycles. The average molecular weight is 630 g/mol. The number of aromatic nitrogens is 2. The Morgan fingerprint density at radius 2 is 1.57 bits per heavy atom. The maximum atomic E-state index is 14.5. The van der Waals surface area contributed by atoms with Crippen molar-refractivity contribution in [2.75, 3.05) is 31.5 Å². The Morgan fingerprint density at radius 1 is 0.891 bits per heavy atom. The van der Waals surface area contributed by atoms with Gasteiger partial charge in [-0.2, -0.15) is 0 Å². The van der Waals surface area contributed by atoms with Gasteiger partial charge in [0.05, 0.1) is 5.52 Å². The molecule has 1 aliphatic carbocycles. The van der Waals surface area contributed by atoms with E-state index in [1.54, 1.807) is 39.9 Å². The minimum atomic E-state index is -2.67. The molecule has 2 aliphatic rings. The number of pyridine rings is 2. The van der Waals surface area contributed by atoms with Gasteiger partial charge in [-0.3, -0.25) is 9.69 Å². The molecule has 3 heterocycles. The van der Waals surface area contributed by atoms with Crippen LogP contribution >= 0.6 is 0 Å². The molecular formula is C36H41F2N5O3. The third-order valence-electron chi connectivity index (χ3n) is 9.54. The summed E-state index contributed by atoms with van der Waals surface area (Å²) in [6.45, 7) is 8.09. The fraction of sp³-hybridized carbons (Fsp3) is 0.417. The number of para-hydroxylation sites is 1. The van der Waals surface area contributed by atoms with E-state index in [2.05, 4.69) is 39.5 Å². The first-order chi connectivity index (χ1) is 22.0. The van der Waals surface area contributed by atoms with Crippen molar-refractivity contribution in [3.8, 4) is 5.75 Å². The minimum absolute atomic E-state index is 0.00886. The maximum absolute atomic E-state index is 14.5. The molecule has 2 fully saturated rings. The number of hydrogen-bond donors (Lipinski definition) is 1. The molecule has 0 unspecified atom stereocenters. The number of nitrogens with one attached hydrogen (secondary N) is 1. The van der Waals surface area contributed by atoms with Gasteiger partial charge in [-0.25, -0.2) is 18.6 Å². The van der Waals surface area contributed by atoms with E-state index < -0.39 is 17.6 Å². The molecule has 6 rings (SSSR count). The van der Waals surface area contributed by atoms with Crippen LogP contribution in [0.25, 0.3) is 10.9 Å². The second kappa shape index (κ2) is 12.8. The van der Waals surface area contributed by atoms with Crippen molar-refractivity contribution < 1.29 is 18.3 Å². The Bertz CT molecular complexity index is 1720. The van der Waals surface area contributed by atoms with Gasteiger partial charge in [0.25, 0.3) is 5.56 Å². The van der Waals surface area contributed by atoms with Gasteiger partial charge in [-0.05, 0) is 62.9 Å². The summed E-state index contributed by atoms with van der Waals surface area (Å²) in [4.78, 5) is 33.9. The van der Waals surface area contributed by atoms with Crippen LogP contribution in [0.4, 0.5) is 19.4 Å². The molecule has 4 aromatic rings. The number of nitrogens with zero attached hydrogens (tertiary/aromatic N) is 4. The van der Waals surface area contributed by atoms with Gasteiger partial charge in [-0.15, -0.1) is 0 Å². The van der Waals surface area contributed by atoms with E-state index in [0.29, 0.717) is 50.6 Å². The minimum Gasteiger partial charge on any atom is -0.410 e. The molecule has 1 aliphatic heterocycles. The molecule has 10 heteroatoms. The van der Waals surface area contributed by atoms with E-state index in [4.69, 9.17) is 4.74 Å². The van der Waals surface area contributed by atoms with Crippen LogP contribution in [0.15, 0.2) is 83.8 Å². The summed E-state index contributed by atoms with van der Waals surface area (Å²) >= 11 is 0. The third-order valence-corrected chi connectivity index (χ3v) is 9.54. The molecule has 1 N–H and O–H groups in total. The predicted octanol–water partition coefficient (Wildman–Crippen LogP) is 7.37.